The molecule has 6 aliphatic heterocycles. The Bertz CT molecular complexity index is 2940. The molecule has 0 aromatic carbocycles. The number of hydrogen-bond acceptors (Lipinski definition) is 35. The van der Waals surface area contributed by atoms with Crippen LogP contribution in [0.2, 0.25) is 0 Å². The number of hydrogen-bond donors (Lipinski definition) is 23. The van der Waals surface area contributed by atoms with E-state index in [-0.39, 0.29) is 12.3 Å². The lowest BCUT2D eigenvalue weighted by Crippen LogP contribution is -2.71. The van der Waals surface area contributed by atoms with E-state index in [2.05, 4.69) is 29.8 Å². The second-order valence-corrected chi connectivity index (χ2v) is 34.2. The minimum atomic E-state index is -3.22. The van der Waals surface area contributed by atoms with Crippen LogP contribution in [0, 0.1) is 0 Å². The molecular weight excluding hydrogens is 1640 g/mol. The molecule has 0 aromatic heterocycles. The van der Waals surface area contributed by atoms with Gasteiger partial charge in [0.2, 0.25) is 17.7 Å². The SMILES string of the molecule is CCCCCCCCCCCCC/C=C/[C@@H](O)[C@H](CO[C@@H]1OC(CO)[C@@H](O[C@@H]2OC(CO[C@@H]3OC(CO)[C@@H](O[C@@H]4OC(CO)[C@H](O)[C@H](O[C@]5(C(=O)O)CC(O)[C@@H](NC(C)=O)C([C@H](O)[C@H](O)CO)O5)C4O)[C@H](O)C3NC(C)=O)[C@H](O)[C@H](O[C@H]3OC(CO)[C@H](O)[C@H](O)C3O)C2O)[C@H](O)C1O)NC(=O)CCCCCCCCCCCCCCCCCCCCCCC. The molecule has 39 nitrogen and oxygen atoms in total. The average Bonchev–Trinajstić information content (AvgIpc) is 0.562. The van der Waals surface area contributed by atoms with Crippen LogP contribution in [-0.2, 0) is 76.0 Å². The van der Waals surface area contributed by atoms with E-state index < -0.39 is 272 Å². The summed E-state index contributed by atoms with van der Waals surface area (Å²) in [5, 5.41) is 231. The first-order chi connectivity index (χ1) is 59.5. The standard InChI is InChI=1S/C85H153N3O36/c1-5-7-9-11-13-15-17-19-20-21-22-23-24-25-26-28-30-32-34-36-38-40-60(99)88-51(52(96)39-37-35-33-31-29-27-18-16-14-12-10-8-6-2)47-113-80-71(108)69(106)75(58(46-93)118-80)121-82-72(109)77(122-81-70(107)68(105)64(101)55(43-90)115-81)66(103)59(119-82)48-114-79-62(87-50(4)95)67(104)74(57(45-92)117-79)120-83-73(110)78(65(102)56(44-91)116-83)124-85(84(111)112)41-53(97)61(86-49(3)94)76(123-85)63(100)54(98)42-89/h37,39,51-59,61-83,89-93,96-98,100-110H,5-36,38,40-48H2,1-4H3,(H,86,94)(H,87,95)(H,88,99)(H,111,112)/b39-37+/t51-,52+,53?,54+,55?,56?,57?,58?,59?,61+,62?,63+,64-,65-,66-,67+,68-,69+,70?,71?,72?,73?,74+,75+,76?,77-,78-,79+,80+,81+,82-,83-,85-/m0/s1. The molecule has 0 aliphatic carbocycles. The van der Waals surface area contributed by atoms with E-state index in [1.165, 1.54) is 141 Å². The van der Waals surface area contributed by atoms with Crippen LogP contribution in [-0.4, -0.2) is 374 Å². The first kappa shape index (κ1) is 109. The first-order valence-corrected chi connectivity index (χ1v) is 45.6. The number of carbonyl (C=O) groups excluding carboxylic acids is 3. The smallest absolute Gasteiger partial charge is 0.364 e. The van der Waals surface area contributed by atoms with Crippen LogP contribution in [0.25, 0.3) is 0 Å². The number of rotatable bonds is 61. The molecule has 0 spiro atoms. The number of unbranched alkanes of at least 4 members (excludes halogenated alkanes) is 31. The molecule has 3 amide bonds. The minimum absolute atomic E-state index is 0.141. The third-order valence-corrected chi connectivity index (χ3v) is 24.2. The zero-order chi connectivity index (χ0) is 91.0. The molecule has 0 saturated carbocycles. The molecule has 6 aliphatic rings. The molecule has 12 unspecified atom stereocenters. The number of ether oxygens (including phenoxy) is 12. The molecule has 6 rings (SSSR count). The topological polar surface area (TPSA) is 620 Å². The molecule has 39 heteroatoms. The predicted octanol–water partition coefficient (Wildman–Crippen LogP) is -0.878. The van der Waals surface area contributed by atoms with Gasteiger partial charge in [-0.2, -0.15) is 0 Å². The summed E-state index contributed by atoms with van der Waals surface area (Å²) in [6.45, 7) is -0.484. The van der Waals surface area contributed by atoms with Crippen LogP contribution in [0.15, 0.2) is 12.2 Å². The highest BCUT2D eigenvalue weighted by Gasteiger charge is 2.62. The maximum atomic E-state index is 13.7. The Morgan fingerprint density at radius 3 is 1.31 bits per heavy atom. The highest BCUT2D eigenvalue weighted by Crippen LogP contribution is 2.40. The second kappa shape index (κ2) is 58.3. The number of carboxylic acids is 1. The largest absolute Gasteiger partial charge is 0.477 e. The molecule has 0 aromatic rings. The highest BCUT2D eigenvalue weighted by molar-refractivity contribution is 5.77. The molecule has 0 bridgehead atoms. The molecule has 33 atom stereocenters. The number of aliphatic hydroxyl groups excluding tert-OH is 19. The molecule has 23 N–H and O–H groups in total. The van der Waals surface area contributed by atoms with Crippen molar-refractivity contribution in [2.75, 3.05) is 46.2 Å². The maximum absolute atomic E-state index is 13.7. The Balaban J connectivity index is 1.13. The number of carbonyl (C=O) groups is 4. The summed E-state index contributed by atoms with van der Waals surface area (Å²) in [5.41, 5.74) is 0. The monoisotopic (exact) mass is 1790 g/mol. The Kier molecular flexibility index (Phi) is 51.3. The van der Waals surface area contributed by atoms with Gasteiger partial charge in [-0.05, 0) is 19.3 Å². The Morgan fingerprint density at radius 2 is 0.831 bits per heavy atom. The first-order valence-electron chi connectivity index (χ1n) is 45.6. The third kappa shape index (κ3) is 33.9. The number of nitrogens with one attached hydrogen (secondary N) is 3. The van der Waals surface area contributed by atoms with Crippen LogP contribution in [0.5, 0.6) is 0 Å². The lowest BCUT2D eigenvalue weighted by molar-refractivity contribution is -0.388. The van der Waals surface area contributed by atoms with E-state index in [1.807, 2.05) is 6.08 Å². The van der Waals surface area contributed by atoms with Gasteiger partial charge in [0.1, 0.15) is 140 Å². The van der Waals surface area contributed by atoms with Gasteiger partial charge in [0.15, 0.2) is 31.5 Å². The zero-order valence-corrected chi connectivity index (χ0v) is 72.8. The van der Waals surface area contributed by atoms with Gasteiger partial charge in [-0.15, -0.1) is 0 Å². The summed E-state index contributed by atoms with van der Waals surface area (Å²) in [6.07, 6.45) is -18.1. The van der Waals surface area contributed by atoms with Gasteiger partial charge in [0.25, 0.3) is 5.79 Å². The summed E-state index contributed by atoms with van der Waals surface area (Å²) in [4.78, 5) is 52.1. The normalized spacial score (nSPS) is 35.2. The molecule has 6 fully saturated rings. The summed E-state index contributed by atoms with van der Waals surface area (Å²) in [6, 6.07) is -4.66. The Morgan fingerprint density at radius 1 is 0.427 bits per heavy atom. The van der Waals surface area contributed by atoms with Crippen molar-refractivity contribution in [3.05, 3.63) is 12.2 Å². The van der Waals surface area contributed by atoms with Crippen molar-refractivity contribution in [2.24, 2.45) is 0 Å². The predicted molar refractivity (Wildman–Crippen MR) is 439 cm³/mol. The number of amides is 3. The lowest BCUT2D eigenvalue weighted by Gasteiger charge is -2.51. The lowest BCUT2D eigenvalue weighted by atomic mass is 9.88. The van der Waals surface area contributed by atoms with Gasteiger partial charge >= 0.3 is 5.97 Å². The highest BCUT2D eigenvalue weighted by atomic mass is 16.8. The van der Waals surface area contributed by atoms with Crippen molar-refractivity contribution in [3.8, 4) is 0 Å². The molecule has 724 valence electrons. The molecule has 124 heavy (non-hydrogen) atoms. The number of allylic oxidation sites excluding steroid dienone is 1. The Hall–Kier alpha value is -3.62. The van der Waals surface area contributed by atoms with Crippen molar-refractivity contribution in [3.63, 3.8) is 0 Å². The molecule has 0 radical (unpaired) electrons. The van der Waals surface area contributed by atoms with E-state index >= 15 is 0 Å². The fraction of sp³-hybridized carbons (Fsp3) is 0.929. The summed E-state index contributed by atoms with van der Waals surface area (Å²) in [7, 11) is 0. The summed E-state index contributed by atoms with van der Waals surface area (Å²) >= 11 is 0. The van der Waals surface area contributed by atoms with Crippen molar-refractivity contribution >= 4 is 23.7 Å². The van der Waals surface area contributed by atoms with Gasteiger partial charge in [0.05, 0.1) is 70.5 Å². The van der Waals surface area contributed by atoms with Gasteiger partial charge < -0.3 is 175 Å². The minimum Gasteiger partial charge on any atom is -0.477 e. The summed E-state index contributed by atoms with van der Waals surface area (Å²) < 4.78 is 71.0. The van der Waals surface area contributed by atoms with Crippen molar-refractivity contribution in [1.29, 1.82) is 0 Å². The Labute approximate surface area is 727 Å². The van der Waals surface area contributed by atoms with E-state index in [4.69, 9.17) is 56.8 Å². The average molecular weight is 1790 g/mol. The van der Waals surface area contributed by atoms with Crippen LogP contribution >= 0.6 is 0 Å². The molecular formula is C85H153N3O36. The van der Waals surface area contributed by atoms with E-state index in [0.717, 1.165) is 71.6 Å². The fourth-order valence-corrected chi connectivity index (χ4v) is 16.8. The van der Waals surface area contributed by atoms with E-state index in [1.54, 1.807) is 6.08 Å². The van der Waals surface area contributed by atoms with Crippen molar-refractivity contribution in [1.82, 2.24) is 16.0 Å². The van der Waals surface area contributed by atoms with Crippen LogP contribution < -0.4 is 16.0 Å². The van der Waals surface area contributed by atoms with Crippen molar-refractivity contribution in [2.45, 2.75) is 454 Å². The number of aliphatic hydroxyl groups is 19. The maximum Gasteiger partial charge on any atom is 0.364 e. The quantitative estimate of drug-likeness (QED) is 0.0260. The van der Waals surface area contributed by atoms with Gasteiger partial charge in [-0.25, -0.2) is 4.79 Å². The number of carboxylic acid groups (broad SMARTS) is 1. The van der Waals surface area contributed by atoms with E-state index in [9.17, 15) is 121 Å². The third-order valence-electron chi connectivity index (χ3n) is 24.2. The van der Waals surface area contributed by atoms with Gasteiger partial charge in [-0.3, -0.25) is 14.4 Å². The molecule has 6 saturated heterocycles. The van der Waals surface area contributed by atoms with Crippen LogP contribution in [0.3, 0.4) is 0 Å². The fourth-order valence-electron chi connectivity index (χ4n) is 16.8. The van der Waals surface area contributed by atoms with Gasteiger partial charge in [0, 0.05) is 26.7 Å². The van der Waals surface area contributed by atoms with E-state index in [0.29, 0.717) is 12.8 Å². The van der Waals surface area contributed by atoms with Crippen molar-refractivity contribution < 1.29 is 178 Å². The number of aliphatic carboxylic acids is 1. The van der Waals surface area contributed by atoms with Crippen LogP contribution in [0.4, 0.5) is 0 Å². The summed E-state index contributed by atoms with van der Waals surface area (Å²) in [5.74, 6) is -7.41. The zero-order valence-electron chi connectivity index (χ0n) is 72.8. The van der Waals surface area contributed by atoms with Crippen LogP contribution in [0.1, 0.15) is 252 Å². The second-order valence-electron chi connectivity index (χ2n) is 34.2. The molecule has 6 heterocycles. The van der Waals surface area contributed by atoms with Gasteiger partial charge in [-0.1, -0.05) is 219 Å².